The van der Waals surface area contributed by atoms with E-state index in [1.165, 1.54) is 54.1 Å². The summed E-state index contributed by atoms with van der Waals surface area (Å²) in [6, 6.07) is 6.96. The first-order chi connectivity index (χ1) is 17.4. The van der Waals surface area contributed by atoms with Crippen molar-refractivity contribution in [2.75, 3.05) is 6.54 Å². The fourth-order valence-electron chi connectivity index (χ4n) is 4.40. The molecule has 1 aromatic heterocycles. The van der Waals surface area contributed by atoms with Crippen LogP contribution in [0.25, 0.3) is 10.9 Å². The lowest BCUT2D eigenvalue weighted by Crippen LogP contribution is -2.46. The number of nitrogens with one attached hydrogen (secondary N) is 1. The van der Waals surface area contributed by atoms with E-state index in [0.717, 1.165) is 4.90 Å². The Balaban J connectivity index is 1.57. The molecule has 0 bridgehead atoms. The van der Waals surface area contributed by atoms with Crippen LogP contribution in [0.5, 0.6) is 0 Å². The van der Waals surface area contributed by atoms with Crippen molar-refractivity contribution in [3.8, 4) is 0 Å². The Morgan fingerprint density at radius 1 is 1.22 bits per heavy atom. The van der Waals surface area contributed by atoms with Gasteiger partial charge in [0.05, 0.1) is 22.4 Å². The van der Waals surface area contributed by atoms with Crippen LogP contribution in [-0.2, 0) is 27.2 Å². The van der Waals surface area contributed by atoms with E-state index >= 15 is 0 Å². The number of ketones is 1. The molecule has 0 unspecified atom stereocenters. The Morgan fingerprint density at radius 3 is 2.62 bits per heavy atom. The molecule has 0 saturated carbocycles. The highest BCUT2D eigenvalue weighted by molar-refractivity contribution is 7.60. The molecular weight excluding hydrogens is 531 g/mol. The third-order valence-corrected chi connectivity index (χ3v) is 7.49. The number of halogens is 3. The monoisotopic (exact) mass is 553 g/mol. The summed E-state index contributed by atoms with van der Waals surface area (Å²) in [5.41, 5.74) is 0.598. The summed E-state index contributed by atoms with van der Waals surface area (Å²) in [5.74, 6) is -2.32. The minimum atomic E-state index is -4.61. The second kappa shape index (κ2) is 10.3. The van der Waals surface area contributed by atoms with E-state index in [2.05, 4.69) is 5.32 Å². The van der Waals surface area contributed by atoms with Gasteiger partial charge in [-0.2, -0.15) is 0 Å². The molecule has 4 rings (SSSR count). The van der Waals surface area contributed by atoms with Crippen molar-refractivity contribution in [1.82, 2.24) is 14.8 Å². The first-order valence-corrected chi connectivity index (χ1v) is 13.2. The van der Waals surface area contributed by atoms with Crippen molar-refractivity contribution < 1.29 is 37.5 Å². The van der Waals surface area contributed by atoms with Crippen molar-refractivity contribution in [3.05, 3.63) is 64.6 Å². The molecule has 0 spiro atoms. The molecule has 2 heterocycles. The number of alkyl halides is 1. The molecule has 3 aromatic rings. The fourth-order valence-corrected chi connectivity index (χ4v) is 5.16. The lowest BCUT2D eigenvalue weighted by Gasteiger charge is -2.24. The normalized spacial score (nSPS) is 17.8. The van der Waals surface area contributed by atoms with E-state index in [-0.39, 0.29) is 52.3 Å². The summed E-state index contributed by atoms with van der Waals surface area (Å²) in [4.78, 5) is 58.3. The molecule has 2 aromatic carbocycles. The van der Waals surface area contributed by atoms with Gasteiger partial charge in [0.2, 0.25) is 11.8 Å². The van der Waals surface area contributed by atoms with Crippen LogP contribution in [0.3, 0.4) is 0 Å². The van der Waals surface area contributed by atoms with Gasteiger partial charge in [0.25, 0.3) is 0 Å². The molecule has 37 heavy (non-hydrogen) atoms. The minimum Gasteiger partial charge on any atom is -0.350 e. The van der Waals surface area contributed by atoms with Gasteiger partial charge >= 0.3 is 7.60 Å². The van der Waals surface area contributed by atoms with Gasteiger partial charge in [-0.25, -0.2) is 8.78 Å². The van der Waals surface area contributed by atoms with Gasteiger partial charge in [0.1, 0.15) is 24.6 Å². The zero-order valence-electron chi connectivity index (χ0n) is 19.5. The van der Waals surface area contributed by atoms with E-state index in [1.807, 2.05) is 0 Å². The number of carbonyl (C=O) groups is 3. The number of Topliss-reactive ketones (excluding diaryl/α,β-unsaturated/α-hetero) is 1. The Kier molecular flexibility index (Phi) is 7.52. The second-order valence-electron chi connectivity index (χ2n) is 8.80. The molecule has 0 aliphatic carbocycles. The molecule has 0 radical (unpaired) electrons. The van der Waals surface area contributed by atoms with Gasteiger partial charge in [-0.3, -0.25) is 18.9 Å². The van der Waals surface area contributed by atoms with Crippen LogP contribution in [0.4, 0.5) is 8.78 Å². The summed E-state index contributed by atoms with van der Waals surface area (Å²) in [5, 5.41) is 2.50. The van der Waals surface area contributed by atoms with Gasteiger partial charge in [-0.1, -0.05) is 29.8 Å². The number of benzene rings is 2. The summed E-state index contributed by atoms with van der Waals surface area (Å²) < 4.78 is 41.6. The lowest BCUT2D eigenvalue weighted by molar-refractivity contribution is -0.139. The SMILES string of the molecule is CC(=O)c1cn(CC(=O)N2C[C@H](F)C[C@H]2C(=O)NCc2cccc(Cl)c2F)c2cc(P(=O)(O)O)ccc12. The quantitative estimate of drug-likeness (QED) is 0.305. The standard InChI is InChI=1S/C24H23ClF2N3O6P/c1-13(31)18-11-29(20-8-16(37(34,35)36)5-6-17(18)20)12-22(32)30-10-15(26)7-21(30)24(33)28-9-14-3-2-4-19(25)23(14)27/h2-6,8,11,15,21H,7,9-10,12H2,1H3,(H,28,33)(H2,34,35,36)/t15-,21+/m1/s1. The Hall–Kier alpha value is -3.11. The smallest absolute Gasteiger partial charge is 0.350 e. The van der Waals surface area contributed by atoms with E-state index < -0.39 is 44.0 Å². The lowest BCUT2D eigenvalue weighted by atomic mass is 10.1. The largest absolute Gasteiger partial charge is 0.356 e. The predicted molar refractivity (Wildman–Crippen MR) is 132 cm³/mol. The molecule has 2 amide bonds. The zero-order chi connectivity index (χ0) is 27.1. The molecular formula is C24H23ClF2N3O6P. The van der Waals surface area contributed by atoms with Crippen LogP contribution in [0.2, 0.25) is 5.02 Å². The van der Waals surface area contributed by atoms with E-state index in [4.69, 9.17) is 11.6 Å². The molecule has 13 heteroatoms. The number of aromatic nitrogens is 1. The number of nitrogens with zero attached hydrogens (tertiary/aromatic N) is 2. The number of fused-ring (bicyclic) bond motifs is 1. The van der Waals surface area contributed by atoms with Gasteiger partial charge in [-0.15, -0.1) is 0 Å². The highest BCUT2D eigenvalue weighted by Gasteiger charge is 2.40. The Bertz CT molecular complexity index is 1460. The van der Waals surface area contributed by atoms with Crippen LogP contribution in [0.1, 0.15) is 29.3 Å². The number of amides is 2. The van der Waals surface area contributed by atoms with Crippen LogP contribution < -0.4 is 10.6 Å². The van der Waals surface area contributed by atoms with Crippen molar-refractivity contribution in [3.63, 3.8) is 0 Å². The molecule has 1 saturated heterocycles. The predicted octanol–water partition coefficient (Wildman–Crippen LogP) is 2.69. The number of hydrogen-bond donors (Lipinski definition) is 3. The molecule has 1 fully saturated rings. The Labute approximate surface area is 215 Å². The molecule has 196 valence electrons. The van der Waals surface area contributed by atoms with Gasteiger partial charge in [0.15, 0.2) is 5.78 Å². The van der Waals surface area contributed by atoms with Crippen LogP contribution in [-0.4, -0.2) is 55.6 Å². The van der Waals surface area contributed by atoms with Gasteiger partial charge in [0, 0.05) is 35.7 Å². The number of hydrogen-bond acceptors (Lipinski definition) is 4. The molecule has 9 nitrogen and oxygen atoms in total. The van der Waals surface area contributed by atoms with E-state index in [1.54, 1.807) is 0 Å². The zero-order valence-corrected chi connectivity index (χ0v) is 21.2. The van der Waals surface area contributed by atoms with Crippen LogP contribution in [0, 0.1) is 5.82 Å². The van der Waals surface area contributed by atoms with Crippen molar-refractivity contribution >= 4 is 53.0 Å². The summed E-state index contributed by atoms with van der Waals surface area (Å²) in [7, 11) is -4.61. The van der Waals surface area contributed by atoms with Crippen LogP contribution in [0.15, 0.2) is 42.6 Å². The molecule has 2 atom stereocenters. The second-order valence-corrected chi connectivity index (χ2v) is 10.8. The Morgan fingerprint density at radius 2 is 1.95 bits per heavy atom. The number of rotatable bonds is 7. The topological polar surface area (TPSA) is 129 Å². The van der Waals surface area contributed by atoms with E-state index in [9.17, 15) is 37.5 Å². The van der Waals surface area contributed by atoms with E-state index in [0.29, 0.717) is 5.39 Å². The van der Waals surface area contributed by atoms with Crippen molar-refractivity contribution in [2.24, 2.45) is 0 Å². The van der Waals surface area contributed by atoms with Gasteiger partial charge in [-0.05, 0) is 25.1 Å². The number of carbonyl (C=O) groups excluding carboxylic acids is 3. The summed E-state index contributed by atoms with van der Waals surface area (Å²) in [6.45, 7) is 0.355. The maximum absolute atomic E-state index is 14.3. The average molecular weight is 554 g/mol. The number of likely N-dealkylation sites (tertiary alicyclic amines) is 1. The van der Waals surface area contributed by atoms with Gasteiger partial charge < -0.3 is 24.6 Å². The maximum Gasteiger partial charge on any atom is 0.356 e. The average Bonchev–Trinajstić information content (AvgIpc) is 3.40. The summed E-state index contributed by atoms with van der Waals surface area (Å²) in [6.07, 6.45) is -0.324. The molecule has 1 aliphatic heterocycles. The highest BCUT2D eigenvalue weighted by atomic mass is 35.5. The minimum absolute atomic E-state index is 0.112. The molecule has 3 N–H and O–H groups in total. The van der Waals surface area contributed by atoms with Crippen LogP contribution >= 0.6 is 19.2 Å². The van der Waals surface area contributed by atoms with Crippen molar-refractivity contribution in [2.45, 2.75) is 38.6 Å². The highest BCUT2D eigenvalue weighted by Crippen LogP contribution is 2.35. The first kappa shape index (κ1) is 26.9. The molecule has 1 aliphatic rings. The third kappa shape index (κ3) is 5.60. The first-order valence-electron chi connectivity index (χ1n) is 11.2. The summed E-state index contributed by atoms with van der Waals surface area (Å²) >= 11 is 5.76. The van der Waals surface area contributed by atoms with Crippen molar-refractivity contribution in [1.29, 1.82) is 0 Å². The maximum atomic E-state index is 14.3. The fraction of sp³-hybridized carbons (Fsp3) is 0.292. The third-order valence-electron chi connectivity index (χ3n) is 6.24.